The molecule has 1 rings (SSSR count). The van der Waals surface area contributed by atoms with E-state index in [1.807, 2.05) is 0 Å². The van der Waals surface area contributed by atoms with Crippen LogP contribution < -0.4 is 10.2 Å². The molecule has 0 fully saturated rings. The first-order valence-electron chi connectivity index (χ1n) is 6.10. The highest BCUT2D eigenvalue weighted by molar-refractivity contribution is 7.13. The minimum Gasteiger partial charge on any atom is -0.348 e. The van der Waals surface area contributed by atoms with Crippen molar-refractivity contribution in [2.45, 2.75) is 46.7 Å². The molecule has 1 N–H and O–H groups in total. The van der Waals surface area contributed by atoms with Crippen LogP contribution in [0.2, 0.25) is 0 Å². The van der Waals surface area contributed by atoms with Crippen LogP contribution in [0, 0.1) is 0 Å². The molecule has 0 atom stereocenters. The average Bonchev–Trinajstić information content (AvgIpc) is 2.71. The van der Waals surface area contributed by atoms with Gasteiger partial charge in [0.05, 0.1) is 5.69 Å². The Hall–Kier alpha value is -0.610. The first-order chi connectivity index (χ1) is 7.67. The summed E-state index contributed by atoms with van der Waals surface area (Å²) in [6.45, 7) is 11.7. The summed E-state index contributed by atoms with van der Waals surface area (Å²) < 4.78 is 0. The molecule has 0 saturated carbocycles. The van der Waals surface area contributed by atoms with Gasteiger partial charge in [0.2, 0.25) is 0 Å². The van der Waals surface area contributed by atoms with Crippen molar-refractivity contribution in [2.75, 3.05) is 18.0 Å². The molecule has 0 aliphatic heterocycles. The topological polar surface area (TPSA) is 28.2 Å². The van der Waals surface area contributed by atoms with Crippen LogP contribution in [0.3, 0.4) is 0 Å². The minimum atomic E-state index is 0.517. The van der Waals surface area contributed by atoms with Crippen LogP contribution in [0.25, 0.3) is 0 Å². The molecule has 16 heavy (non-hydrogen) atoms. The summed E-state index contributed by atoms with van der Waals surface area (Å²) in [5.41, 5.74) is 1.16. The van der Waals surface area contributed by atoms with Gasteiger partial charge in [-0.25, -0.2) is 4.98 Å². The van der Waals surface area contributed by atoms with Crippen LogP contribution in [0.5, 0.6) is 0 Å². The molecule has 0 bridgehead atoms. The van der Waals surface area contributed by atoms with Crippen LogP contribution >= 0.6 is 11.3 Å². The van der Waals surface area contributed by atoms with Crippen LogP contribution in [-0.4, -0.2) is 24.1 Å². The van der Waals surface area contributed by atoms with Crippen LogP contribution in [0.4, 0.5) is 5.13 Å². The highest BCUT2D eigenvalue weighted by Crippen LogP contribution is 2.20. The van der Waals surface area contributed by atoms with E-state index in [4.69, 9.17) is 0 Å². The summed E-state index contributed by atoms with van der Waals surface area (Å²) in [7, 11) is 0. The van der Waals surface area contributed by atoms with Gasteiger partial charge < -0.3 is 10.2 Å². The van der Waals surface area contributed by atoms with Crippen molar-refractivity contribution < 1.29 is 0 Å². The Morgan fingerprint density at radius 3 is 2.75 bits per heavy atom. The summed E-state index contributed by atoms with van der Waals surface area (Å²) in [4.78, 5) is 6.99. The van der Waals surface area contributed by atoms with Gasteiger partial charge in [-0.05, 0) is 13.3 Å². The second-order valence-electron chi connectivity index (χ2n) is 4.24. The Labute approximate surface area is 103 Å². The lowest BCUT2D eigenvalue weighted by atomic mass is 10.4. The molecule has 92 valence electrons. The summed E-state index contributed by atoms with van der Waals surface area (Å²) >= 11 is 1.75. The van der Waals surface area contributed by atoms with Crippen molar-refractivity contribution in [1.29, 1.82) is 0 Å². The Balaban J connectivity index is 2.55. The third-order valence-corrected chi connectivity index (χ3v) is 3.33. The Kier molecular flexibility index (Phi) is 5.77. The molecule has 0 unspecified atom stereocenters. The van der Waals surface area contributed by atoms with Gasteiger partial charge in [0.15, 0.2) is 5.13 Å². The number of hydrogen-bond acceptors (Lipinski definition) is 4. The zero-order valence-electron chi connectivity index (χ0n) is 10.8. The number of thiazole rings is 1. The maximum Gasteiger partial charge on any atom is 0.185 e. The van der Waals surface area contributed by atoms with E-state index in [0.717, 1.165) is 30.5 Å². The van der Waals surface area contributed by atoms with E-state index in [1.54, 1.807) is 11.3 Å². The monoisotopic (exact) mass is 241 g/mol. The van der Waals surface area contributed by atoms with Gasteiger partial charge in [0, 0.05) is 31.1 Å². The van der Waals surface area contributed by atoms with E-state index in [-0.39, 0.29) is 0 Å². The van der Waals surface area contributed by atoms with E-state index < -0.39 is 0 Å². The van der Waals surface area contributed by atoms with Crippen molar-refractivity contribution in [3.63, 3.8) is 0 Å². The fraction of sp³-hybridized carbons (Fsp3) is 0.750. The molecule has 4 heteroatoms. The fourth-order valence-electron chi connectivity index (χ4n) is 1.49. The number of anilines is 1. The molecule has 1 heterocycles. The third kappa shape index (κ3) is 4.10. The summed E-state index contributed by atoms with van der Waals surface area (Å²) in [5, 5.41) is 6.70. The van der Waals surface area contributed by atoms with Crippen molar-refractivity contribution >= 4 is 16.5 Å². The number of hydrogen-bond donors (Lipinski definition) is 1. The number of aromatic nitrogens is 1. The molecule has 1 aromatic heterocycles. The maximum atomic E-state index is 4.65. The molecular weight excluding hydrogens is 218 g/mol. The summed E-state index contributed by atoms with van der Waals surface area (Å²) in [6.07, 6.45) is 1.17. The lowest BCUT2D eigenvalue weighted by Crippen LogP contribution is -2.24. The fourth-order valence-corrected chi connectivity index (χ4v) is 2.41. The van der Waals surface area contributed by atoms with Gasteiger partial charge in [-0.1, -0.05) is 20.8 Å². The summed E-state index contributed by atoms with van der Waals surface area (Å²) in [6, 6.07) is 0.517. The first-order valence-corrected chi connectivity index (χ1v) is 6.98. The second kappa shape index (κ2) is 6.86. The largest absolute Gasteiger partial charge is 0.348 e. The predicted octanol–water partition coefficient (Wildman–Crippen LogP) is 2.88. The molecule has 0 aromatic carbocycles. The minimum absolute atomic E-state index is 0.517. The summed E-state index contributed by atoms with van der Waals surface area (Å²) in [5.74, 6) is 0. The van der Waals surface area contributed by atoms with Gasteiger partial charge in [0.1, 0.15) is 0 Å². The van der Waals surface area contributed by atoms with E-state index in [0.29, 0.717) is 6.04 Å². The lowest BCUT2D eigenvalue weighted by molar-refractivity contribution is 0.582. The van der Waals surface area contributed by atoms with Gasteiger partial charge in [-0.2, -0.15) is 0 Å². The molecular formula is C12H23N3S. The highest BCUT2D eigenvalue weighted by atomic mass is 32.1. The lowest BCUT2D eigenvalue weighted by Gasteiger charge is -2.18. The van der Waals surface area contributed by atoms with E-state index >= 15 is 0 Å². The Morgan fingerprint density at radius 2 is 2.19 bits per heavy atom. The Morgan fingerprint density at radius 1 is 1.44 bits per heavy atom. The van der Waals surface area contributed by atoms with Crippen LogP contribution in [-0.2, 0) is 6.54 Å². The van der Waals surface area contributed by atoms with E-state index in [1.165, 1.54) is 6.42 Å². The quantitative estimate of drug-likeness (QED) is 0.795. The normalized spacial score (nSPS) is 11.1. The number of nitrogens with one attached hydrogen (secondary N) is 1. The molecule has 0 aliphatic rings. The molecule has 0 spiro atoms. The van der Waals surface area contributed by atoms with Crippen LogP contribution in [0.15, 0.2) is 5.38 Å². The molecule has 0 aliphatic carbocycles. The van der Waals surface area contributed by atoms with Crippen molar-refractivity contribution in [3.05, 3.63) is 11.1 Å². The molecule has 1 aromatic rings. The van der Waals surface area contributed by atoms with Gasteiger partial charge in [-0.15, -0.1) is 11.3 Å². The van der Waals surface area contributed by atoms with Crippen molar-refractivity contribution in [1.82, 2.24) is 10.3 Å². The second-order valence-corrected chi connectivity index (χ2v) is 5.07. The highest BCUT2D eigenvalue weighted by Gasteiger charge is 2.08. The van der Waals surface area contributed by atoms with Gasteiger partial charge >= 0.3 is 0 Å². The van der Waals surface area contributed by atoms with Crippen LogP contribution in [0.1, 0.15) is 39.8 Å². The smallest absolute Gasteiger partial charge is 0.185 e. The SMILES string of the molecule is CCCN(CC)c1nc(CNC(C)C)cs1. The molecule has 0 amide bonds. The number of rotatable bonds is 7. The zero-order valence-corrected chi connectivity index (χ0v) is 11.6. The molecule has 0 radical (unpaired) electrons. The molecule has 0 saturated heterocycles. The predicted molar refractivity (Wildman–Crippen MR) is 72.3 cm³/mol. The molecule has 3 nitrogen and oxygen atoms in total. The average molecular weight is 241 g/mol. The standard InChI is InChI=1S/C12H23N3S/c1-5-7-15(6-2)12-14-11(9-16-12)8-13-10(3)4/h9-10,13H,5-8H2,1-4H3. The van der Waals surface area contributed by atoms with Crippen molar-refractivity contribution in [2.24, 2.45) is 0 Å². The van der Waals surface area contributed by atoms with Gasteiger partial charge in [0.25, 0.3) is 0 Å². The zero-order chi connectivity index (χ0) is 12.0. The van der Waals surface area contributed by atoms with E-state index in [9.17, 15) is 0 Å². The maximum absolute atomic E-state index is 4.65. The third-order valence-electron chi connectivity index (χ3n) is 2.38. The number of nitrogens with zero attached hydrogens (tertiary/aromatic N) is 2. The first kappa shape index (κ1) is 13.5. The van der Waals surface area contributed by atoms with E-state index in [2.05, 4.69) is 48.3 Å². The van der Waals surface area contributed by atoms with Gasteiger partial charge in [-0.3, -0.25) is 0 Å². The van der Waals surface area contributed by atoms with Crippen molar-refractivity contribution in [3.8, 4) is 0 Å². The Bertz CT molecular complexity index is 296.